The summed E-state index contributed by atoms with van der Waals surface area (Å²) in [5.74, 6) is -1.17. The smallest absolute Gasteiger partial charge is 0.325 e. The Bertz CT molecular complexity index is 1040. The summed E-state index contributed by atoms with van der Waals surface area (Å²) >= 11 is 6.00. The van der Waals surface area contributed by atoms with Crippen molar-refractivity contribution in [3.05, 3.63) is 70.0 Å². The minimum atomic E-state index is -1.16. The number of carbonyl (C=O) groups excluding carboxylic acids is 3. The number of urea groups is 1. The third kappa shape index (κ3) is 3.65. The number of piperidine rings is 1. The maximum absolute atomic E-state index is 13.9. The summed E-state index contributed by atoms with van der Waals surface area (Å²) in [5.41, 5.74) is 0.258. The van der Waals surface area contributed by atoms with Crippen LogP contribution in [0.2, 0.25) is 5.02 Å². The zero-order valence-corrected chi connectivity index (χ0v) is 17.2. The van der Waals surface area contributed by atoms with Crippen molar-refractivity contribution in [3.8, 4) is 0 Å². The highest BCUT2D eigenvalue weighted by atomic mass is 35.5. The van der Waals surface area contributed by atoms with E-state index in [4.69, 9.17) is 11.6 Å². The highest BCUT2D eigenvalue weighted by Gasteiger charge is 2.53. The maximum Gasteiger partial charge on any atom is 0.325 e. The molecule has 8 heteroatoms. The van der Waals surface area contributed by atoms with E-state index in [-0.39, 0.29) is 30.5 Å². The van der Waals surface area contributed by atoms with Gasteiger partial charge in [-0.3, -0.25) is 14.5 Å². The van der Waals surface area contributed by atoms with Crippen molar-refractivity contribution in [2.45, 2.75) is 31.8 Å². The van der Waals surface area contributed by atoms with E-state index >= 15 is 0 Å². The Hall–Kier alpha value is -2.93. The van der Waals surface area contributed by atoms with Gasteiger partial charge in [0.2, 0.25) is 0 Å². The normalized spacial score (nSPS) is 21.3. The molecule has 0 saturated carbocycles. The molecule has 0 radical (unpaired) electrons. The highest BCUT2D eigenvalue weighted by Crippen LogP contribution is 2.30. The van der Waals surface area contributed by atoms with Gasteiger partial charge in [0.05, 0.1) is 13.1 Å². The summed E-state index contributed by atoms with van der Waals surface area (Å²) in [6.45, 7) is 2.22. The van der Waals surface area contributed by atoms with Crippen LogP contribution >= 0.6 is 11.6 Å². The number of benzene rings is 2. The van der Waals surface area contributed by atoms with E-state index < -0.39 is 17.4 Å². The Morgan fingerprint density at radius 3 is 2.77 bits per heavy atom. The number of rotatable bonds is 3. The molecule has 0 bridgehead atoms. The van der Waals surface area contributed by atoms with Gasteiger partial charge in [-0.2, -0.15) is 0 Å². The molecular formula is C22H21ClFN3O3. The maximum atomic E-state index is 13.9. The lowest BCUT2D eigenvalue weighted by atomic mass is 9.88. The zero-order valence-electron chi connectivity index (χ0n) is 16.5. The van der Waals surface area contributed by atoms with Crippen LogP contribution in [0.5, 0.6) is 0 Å². The van der Waals surface area contributed by atoms with Gasteiger partial charge in [0.1, 0.15) is 11.4 Å². The second kappa shape index (κ2) is 7.72. The number of nitrogens with zero attached hydrogens (tertiary/aromatic N) is 2. The average molecular weight is 430 g/mol. The molecule has 2 aromatic rings. The number of likely N-dealkylation sites (tertiary alicyclic amines) is 1. The molecule has 4 rings (SSSR count). The van der Waals surface area contributed by atoms with Crippen LogP contribution in [-0.2, 0) is 11.3 Å². The topological polar surface area (TPSA) is 69.7 Å². The molecule has 2 saturated heterocycles. The largest absolute Gasteiger partial charge is 0.336 e. The van der Waals surface area contributed by atoms with E-state index in [2.05, 4.69) is 5.32 Å². The van der Waals surface area contributed by atoms with Gasteiger partial charge in [-0.15, -0.1) is 0 Å². The molecule has 0 aromatic heterocycles. The minimum Gasteiger partial charge on any atom is -0.336 e. The van der Waals surface area contributed by atoms with Crippen LogP contribution in [-0.4, -0.2) is 46.3 Å². The van der Waals surface area contributed by atoms with E-state index in [1.54, 1.807) is 43.3 Å². The quantitative estimate of drug-likeness (QED) is 0.759. The second-order valence-electron chi connectivity index (χ2n) is 7.83. The monoisotopic (exact) mass is 429 g/mol. The summed E-state index contributed by atoms with van der Waals surface area (Å²) in [6.07, 6.45) is 0.993. The van der Waals surface area contributed by atoms with Gasteiger partial charge in [-0.05, 0) is 55.2 Å². The zero-order chi connectivity index (χ0) is 21.5. The third-order valence-electron chi connectivity index (χ3n) is 5.67. The van der Waals surface area contributed by atoms with Crippen LogP contribution in [0.3, 0.4) is 0 Å². The van der Waals surface area contributed by atoms with Gasteiger partial charge in [-0.25, -0.2) is 9.18 Å². The van der Waals surface area contributed by atoms with E-state index in [1.807, 2.05) is 0 Å². The molecule has 2 aromatic carbocycles. The highest BCUT2D eigenvalue weighted by molar-refractivity contribution is 6.30. The lowest BCUT2D eigenvalue weighted by Gasteiger charge is -2.38. The fourth-order valence-corrected chi connectivity index (χ4v) is 4.26. The molecule has 2 aliphatic rings. The van der Waals surface area contributed by atoms with Gasteiger partial charge in [0, 0.05) is 17.1 Å². The van der Waals surface area contributed by atoms with Crippen LogP contribution in [0, 0.1) is 12.7 Å². The molecular weight excluding hydrogens is 409 g/mol. The summed E-state index contributed by atoms with van der Waals surface area (Å²) in [7, 11) is 0. The van der Waals surface area contributed by atoms with Crippen LogP contribution < -0.4 is 5.32 Å². The molecule has 0 unspecified atom stereocenters. The van der Waals surface area contributed by atoms with Crippen LogP contribution in [0.4, 0.5) is 9.18 Å². The van der Waals surface area contributed by atoms with Crippen molar-refractivity contribution in [1.82, 2.24) is 15.1 Å². The Kier molecular flexibility index (Phi) is 5.24. The van der Waals surface area contributed by atoms with Crippen LogP contribution in [0.15, 0.2) is 42.5 Å². The number of hydrogen-bond acceptors (Lipinski definition) is 3. The van der Waals surface area contributed by atoms with Crippen LogP contribution in [0.25, 0.3) is 0 Å². The molecule has 2 aliphatic heterocycles. The summed E-state index contributed by atoms with van der Waals surface area (Å²) in [4.78, 5) is 41.4. The number of imide groups is 1. The van der Waals surface area contributed by atoms with Crippen molar-refractivity contribution in [3.63, 3.8) is 0 Å². The van der Waals surface area contributed by atoms with Gasteiger partial charge < -0.3 is 10.2 Å². The first kappa shape index (κ1) is 20.3. The van der Waals surface area contributed by atoms with Crippen LogP contribution in [0.1, 0.15) is 34.3 Å². The predicted octanol–water partition coefficient (Wildman–Crippen LogP) is 3.51. The van der Waals surface area contributed by atoms with E-state index in [1.165, 1.54) is 11.0 Å². The van der Waals surface area contributed by atoms with Crippen molar-refractivity contribution in [2.75, 3.05) is 13.1 Å². The standard InChI is InChI=1S/C22H21ClFN3O3/c1-14-6-7-16(11-18(14)24)19(28)26-9-3-8-22(13-26)20(29)27(21(30)25-22)12-15-4-2-5-17(23)10-15/h2,4-7,10-11H,3,8-9,12-13H2,1H3,(H,25,30)/t22-/m0/s1. The first-order valence-corrected chi connectivity index (χ1v) is 10.1. The third-order valence-corrected chi connectivity index (χ3v) is 5.91. The van der Waals surface area contributed by atoms with E-state index in [9.17, 15) is 18.8 Å². The Balaban J connectivity index is 1.54. The molecule has 2 heterocycles. The van der Waals surface area contributed by atoms with Crippen molar-refractivity contribution < 1.29 is 18.8 Å². The fraction of sp³-hybridized carbons (Fsp3) is 0.318. The molecule has 4 amide bonds. The molecule has 0 aliphatic carbocycles. The Morgan fingerprint density at radius 2 is 2.03 bits per heavy atom. The molecule has 30 heavy (non-hydrogen) atoms. The summed E-state index contributed by atoms with van der Waals surface area (Å²) in [5, 5.41) is 3.32. The Morgan fingerprint density at radius 1 is 1.23 bits per heavy atom. The molecule has 1 N–H and O–H groups in total. The lowest BCUT2D eigenvalue weighted by molar-refractivity contribution is -0.133. The first-order valence-electron chi connectivity index (χ1n) is 9.73. The number of hydrogen-bond donors (Lipinski definition) is 1. The lowest BCUT2D eigenvalue weighted by Crippen LogP contribution is -2.59. The number of nitrogens with one attached hydrogen (secondary N) is 1. The van der Waals surface area contributed by atoms with Crippen molar-refractivity contribution in [1.29, 1.82) is 0 Å². The second-order valence-corrected chi connectivity index (χ2v) is 8.26. The Labute approximate surface area is 178 Å². The predicted molar refractivity (Wildman–Crippen MR) is 110 cm³/mol. The SMILES string of the molecule is Cc1ccc(C(=O)N2CCC[C@@]3(C2)NC(=O)N(Cc2cccc(Cl)c2)C3=O)cc1F. The summed E-state index contributed by atoms with van der Waals surface area (Å²) in [6, 6.07) is 10.8. The molecule has 2 fully saturated rings. The number of amides is 4. The molecule has 6 nitrogen and oxygen atoms in total. The molecule has 156 valence electrons. The average Bonchev–Trinajstić information content (AvgIpc) is 2.93. The van der Waals surface area contributed by atoms with Crippen molar-refractivity contribution >= 4 is 29.4 Å². The fourth-order valence-electron chi connectivity index (χ4n) is 4.05. The first-order chi connectivity index (χ1) is 14.3. The number of aryl methyl sites for hydroxylation is 1. The van der Waals surface area contributed by atoms with Gasteiger partial charge in [-0.1, -0.05) is 29.8 Å². The number of halogens is 2. The molecule has 1 spiro atoms. The van der Waals surface area contributed by atoms with Gasteiger partial charge in [0.15, 0.2) is 0 Å². The summed E-state index contributed by atoms with van der Waals surface area (Å²) < 4.78 is 13.9. The van der Waals surface area contributed by atoms with Gasteiger partial charge in [0.25, 0.3) is 11.8 Å². The van der Waals surface area contributed by atoms with E-state index in [0.717, 1.165) is 10.5 Å². The minimum absolute atomic E-state index is 0.0535. The van der Waals surface area contributed by atoms with E-state index in [0.29, 0.717) is 30.0 Å². The molecule has 1 atom stereocenters. The number of carbonyl (C=O) groups is 3. The van der Waals surface area contributed by atoms with Gasteiger partial charge >= 0.3 is 6.03 Å². The van der Waals surface area contributed by atoms with Crippen molar-refractivity contribution in [2.24, 2.45) is 0 Å².